The van der Waals surface area contributed by atoms with Crippen LogP contribution in [-0.4, -0.2) is 19.2 Å². The third kappa shape index (κ3) is 4.96. The summed E-state index contributed by atoms with van der Waals surface area (Å²) in [4.78, 5) is 22.2. The van der Waals surface area contributed by atoms with E-state index in [1.165, 1.54) is 42.5 Å². The summed E-state index contributed by atoms with van der Waals surface area (Å²) in [7, 11) is -4.19. The van der Waals surface area contributed by atoms with Gasteiger partial charge in [-0.05, 0) is 49.4 Å². The van der Waals surface area contributed by atoms with Crippen LogP contribution >= 0.6 is 0 Å². The fourth-order valence-electron chi connectivity index (χ4n) is 2.44. The first-order valence-corrected chi connectivity index (χ1v) is 9.82. The van der Waals surface area contributed by atoms with Crippen LogP contribution in [0.1, 0.15) is 15.9 Å². The van der Waals surface area contributed by atoms with Gasteiger partial charge in [-0.15, -0.1) is 0 Å². The van der Waals surface area contributed by atoms with E-state index in [4.69, 9.17) is 4.18 Å². The fourth-order valence-corrected chi connectivity index (χ4v) is 3.36. The number of benzene rings is 3. The van der Waals surface area contributed by atoms with Crippen molar-refractivity contribution in [3.8, 4) is 5.75 Å². The van der Waals surface area contributed by atoms with Crippen LogP contribution in [0.25, 0.3) is 0 Å². The highest BCUT2D eigenvalue weighted by molar-refractivity contribution is 7.87. The van der Waals surface area contributed by atoms with Gasteiger partial charge in [-0.1, -0.05) is 23.8 Å². The van der Waals surface area contributed by atoms with Gasteiger partial charge in [-0.3, -0.25) is 14.9 Å². The van der Waals surface area contributed by atoms with Crippen LogP contribution in [0.4, 0.5) is 11.4 Å². The van der Waals surface area contributed by atoms with Crippen LogP contribution in [0.3, 0.4) is 0 Å². The van der Waals surface area contributed by atoms with Crippen LogP contribution in [-0.2, 0) is 10.1 Å². The molecule has 148 valence electrons. The topological polar surface area (TPSA) is 116 Å². The average Bonchev–Trinajstić information content (AvgIpc) is 2.68. The molecule has 0 atom stereocenters. The van der Waals surface area contributed by atoms with E-state index in [2.05, 4.69) is 5.32 Å². The maximum Gasteiger partial charge on any atom is 0.339 e. The van der Waals surface area contributed by atoms with Crippen LogP contribution in [0.15, 0.2) is 77.7 Å². The lowest BCUT2D eigenvalue weighted by atomic mass is 10.1. The molecule has 0 radical (unpaired) electrons. The summed E-state index contributed by atoms with van der Waals surface area (Å²) >= 11 is 0. The molecule has 0 unspecified atom stereocenters. The summed E-state index contributed by atoms with van der Waals surface area (Å²) < 4.78 is 29.7. The molecule has 1 N–H and O–H groups in total. The number of nitro benzene ring substituents is 1. The minimum Gasteiger partial charge on any atom is -0.379 e. The molecule has 0 aliphatic carbocycles. The highest BCUT2D eigenvalue weighted by Crippen LogP contribution is 2.24. The number of nitrogens with zero attached hydrogens (tertiary/aromatic N) is 1. The predicted octanol–water partition coefficient (Wildman–Crippen LogP) is 3.92. The maximum absolute atomic E-state index is 12.4. The smallest absolute Gasteiger partial charge is 0.339 e. The zero-order valence-corrected chi connectivity index (χ0v) is 16.0. The van der Waals surface area contributed by atoms with Gasteiger partial charge in [0.25, 0.3) is 11.6 Å². The zero-order valence-electron chi connectivity index (χ0n) is 15.2. The zero-order chi connectivity index (χ0) is 21.0. The minimum atomic E-state index is -4.19. The Morgan fingerprint density at radius 1 is 1.00 bits per heavy atom. The first-order valence-electron chi connectivity index (χ1n) is 8.42. The second-order valence-corrected chi connectivity index (χ2v) is 7.68. The lowest BCUT2D eigenvalue weighted by Gasteiger charge is -2.09. The molecule has 3 aromatic carbocycles. The van der Waals surface area contributed by atoms with Gasteiger partial charge >= 0.3 is 10.1 Å². The van der Waals surface area contributed by atoms with Gasteiger partial charge in [0.15, 0.2) is 0 Å². The average molecular weight is 412 g/mol. The summed E-state index contributed by atoms with van der Waals surface area (Å²) in [5.41, 5.74) is 1.62. The Hall–Kier alpha value is -3.72. The standard InChI is InChI=1S/C20H16N2O6S/c1-14-5-7-15(8-6-14)20(23)21-16-9-11-19(12-10-16)29(26,27)28-18-4-2-3-17(13-18)22(24)25/h2-13H,1H3,(H,21,23). The van der Waals surface area contributed by atoms with Crippen molar-refractivity contribution >= 4 is 27.4 Å². The van der Waals surface area contributed by atoms with E-state index >= 15 is 0 Å². The van der Waals surface area contributed by atoms with Gasteiger partial charge < -0.3 is 9.50 Å². The van der Waals surface area contributed by atoms with E-state index in [0.29, 0.717) is 11.3 Å². The number of amides is 1. The molecule has 0 saturated carbocycles. The number of carbonyl (C=O) groups excluding carboxylic acids is 1. The summed E-state index contributed by atoms with van der Waals surface area (Å²) in [6, 6.07) is 17.3. The number of hydrogen-bond donors (Lipinski definition) is 1. The Morgan fingerprint density at radius 2 is 1.66 bits per heavy atom. The first kappa shape index (κ1) is 20.0. The van der Waals surface area contributed by atoms with Crippen molar-refractivity contribution in [1.82, 2.24) is 0 Å². The third-order valence-corrected chi connectivity index (χ3v) is 5.21. The summed E-state index contributed by atoms with van der Waals surface area (Å²) in [5, 5.41) is 13.5. The lowest BCUT2D eigenvalue weighted by molar-refractivity contribution is -0.384. The third-order valence-electron chi connectivity index (χ3n) is 3.95. The molecule has 1 amide bonds. The molecule has 0 saturated heterocycles. The monoisotopic (exact) mass is 412 g/mol. The molecule has 9 heteroatoms. The van der Waals surface area contributed by atoms with E-state index in [-0.39, 0.29) is 22.2 Å². The van der Waals surface area contributed by atoms with Crippen molar-refractivity contribution in [3.63, 3.8) is 0 Å². The Morgan fingerprint density at radius 3 is 2.28 bits per heavy atom. The van der Waals surface area contributed by atoms with E-state index in [0.717, 1.165) is 11.6 Å². The normalized spacial score (nSPS) is 10.9. The first-order chi connectivity index (χ1) is 13.7. The van der Waals surface area contributed by atoms with Crippen molar-refractivity contribution in [2.45, 2.75) is 11.8 Å². The van der Waals surface area contributed by atoms with Crippen LogP contribution in [0, 0.1) is 17.0 Å². The lowest BCUT2D eigenvalue weighted by Crippen LogP contribution is -2.13. The quantitative estimate of drug-likeness (QED) is 0.373. The maximum atomic E-state index is 12.4. The van der Waals surface area contributed by atoms with Crippen molar-refractivity contribution in [1.29, 1.82) is 0 Å². The van der Waals surface area contributed by atoms with Crippen LogP contribution in [0.2, 0.25) is 0 Å². The number of carbonyl (C=O) groups is 1. The summed E-state index contributed by atoms with van der Waals surface area (Å²) in [6.45, 7) is 1.91. The Balaban J connectivity index is 1.73. The van der Waals surface area contributed by atoms with Gasteiger partial charge in [0.2, 0.25) is 0 Å². The van der Waals surface area contributed by atoms with Gasteiger partial charge in [0.1, 0.15) is 10.6 Å². The molecule has 3 rings (SSSR count). The van der Waals surface area contributed by atoms with Gasteiger partial charge in [-0.2, -0.15) is 8.42 Å². The van der Waals surface area contributed by atoms with E-state index in [1.54, 1.807) is 12.1 Å². The molecule has 0 heterocycles. The molecule has 0 aliphatic rings. The van der Waals surface area contributed by atoms with Gasteiger partial charge in [0.05, 0.1) is 11.0 Å². The van der Waals surface area contributed by atoms with Gasteiger partial charge in [-0.25, -0.2) is 0 Å². The number of non-ortho nitro benzene ring substituents is 1. The van der Waals surface area contributed by atoms with Crippen molar-refractivity contribution < 1.29 is 22.3 Å². The van der Waals surface area contributed by atoms with Crippen molar-refractivity contribution in [3.05, 3.63) is 94.0 Å². The summed E-state index contributed by atoms with van der Waals surface area (Å²) in [5.74, 6) is -0.496. The van der Waals surface area contributed by atoms with Gasteiger partial charge in [0, 0.05) is 17.3 Å². The Kier molecular flexibility index (Phi) is 5.60. The van der Waals surface area contributed by atoms with E-state index in [9.17, 15) is 23.3 Å². The molecule has 0 spiro atoms. The minimum absolute atomic E-state index is 0.155. The molecule has 29 heavy (non-hydrogen) atoms. The van der Waals surface area contributed by atoms with E-state index < -0.39 is 15.0 Å². The number of nitro groups is 1. The Bertz CT molecular complexity index is 1160. The number of nitrogens with one attached hydrogen (secondary N) is 1. The molecule has 0 aliphatic heterocycles. The largest absolute Gasteiger partial charge is 0.379 e. The molecule has 0 bridgehead atoms. The highest BCUT2D eigenvalue weighted by atomic mass is 32.2. The molecular weight excluding hydrogens is 396 g/mol. The van der Waals surface area contributed by atoms with Crippen LogP contribution < -0.4 is 9.50 Å². The predicted molar refractivity (Wildman–Crippen MR) is 106 cm³/mol. The number of hydrogen-bond acceptors (Lipinski definition) is 6. The molecule has 8 nitrogen and oxygen atoms in total. The second-order valence-electron chi connectivity index (χ2n) is 6.14. The van der Waals surface area contributed by atoms with Crippen molar-refractivity contribution in [2.24, 2.45) is 0 Å². The fraction of sp³-hybridized carbons (Fsp3) is 0.0500. The molecule has 3 aromatic rings. The molecule has 0 fully saturated rings. The highest BCUT2D eigenvalue weighted by Gasteiger charge is 2.18. The second kappa shape index (κ2) is 8.11. The summed E-state index contributed by atoms with van der Waals surface area (Å²) in [6.07, 6.45) is 0. The SMILES string of the molecule is Cc1ccc(C(=O)Nc2ccc(S(=O)(=O)Oc3cccc([N+](=O)[O-])c3)cc2)cc1. The number of anilines is 1. The molecule has 0 aromatic heterocycles. The van der Waals surface area contributed by atoms with Crippen molar-refractivity contribution in [2.75, 3.05) is 5.32 Å². The number of rotatable bonds is 6. The number of aryl methyl sites for hydroxylation is 1. The molecular formula is C20H16N2O6S. The Labute approximate surface area is 167 Å². The van der Waals surface area contributed by atoms with E-state index in [1.807, 2.05) is 19.1 Å². The van der Waals surface area contributed by atoms with Crippen LogP contribution in [0.5, 0.6) is 5.75 Å².